The molecule has 1 aromatic rings. The van der Waals surface area contributed by atoms with Gasteiger partial charge in [-0.1, -0.05) is 0 Å². The van der Waals surface area contributed by atoms with Crippen LogP contribution in [-0.4, -0.2) is 52.8 Å². The third kappa shape index (κ3) is 4.06. The molecule has 0 spiro atoms. The first-order chi connectivity index (χ1) is 9.71. The van der Waals surface area contributed by atoms with Crippen molar-refractivity contribution in [3.8, 4) is 0 Å². The highest BCUT2D eigenvalue weighted by atomic mass is 32.2. The van der Waals surface area contributed by atoms with Crippen molar-refractivity contribution >= 4 is 19.9 Å². The van der Waals surface area contributed by atoms with Gasteiger partial charge in [0.05, 0.1) is 18.1 Å². The zero-order chi connectivity index (χ0) is 15.7. The van der Waals surface area contributed by atoms with Crippen molar-refractivity contribution in [1.82, 2.24) is 9.62 Å². The molecule has 1 aliphatic heterocycles. The molecule has 1 N–H and O–H groups in total. The number of sulfonamides is 1. The first-order valence-electron chi connectivity index (χ1n) is 6.66. The fourth-order valence-electron chi connectivity index (χ4n) is 2.20. The van der Waals surface area contributed by atoms with Crippen molar-refractivity contribution in [2.24, 2.45) is 0 Å². The molecule has 21 heavy (non-hydrogen) atoms. The zero-order valence-corrected chi connectivity index (χ0v) is 13.7. The first kappa shape index (κ1) is 16.5. The molecule has 120 valence electrons. The Morgan fingerprint density at radius 1 is 1.38 bits per heavy atom. The topological polar surface area (TPSA) is 96.7 Å². The SMILES string of the molecule is CN(C)S(=O)(=O)c1ccc(CNC2CCCS(=O)(=O)C2)o1. The van der Waals surface area contributed by atoms with E-state index in [1.54, 1.807) is 6.07 Å². The molecule has 0 bridgehead atoms. The molecule has 1 unspecified atom stereocenters. The van der Waals surface area contributed by atoms with E-state index in [1.807, 2.05) is 0 Å². The fourth-order valence-corrected chi connectivity index (χ4v) is 4.68. The Hall–Kier alpha value is -0.900. The minimum absolute atomic E-state index is 0.109. The molecule has 7 nitrogen and oxygen atoms in total. The Morgan fingerprint density at radius 3 is 2.71 bits per heavy atom. The van der Waals surface area contributed by atoms with Crippen LogP contribution < -0.4 is 5.32 Å². The normalized spacial score (nSPS) is 22.5. The summed E-state index contributed by atoms with van der Waals surface area (Å²) in [6.07, 6.45) is 1.45. The zero-order valence-electron chi connectivity index (χ0n) is 12.1. The van der Waals surface area contributed by atoms with E-state index >= 15 is 0 Å². The van der Waals surface area contributed by atoms with Gasteiger partial charge in [0.1, 0.15) is 5.76 Å². The van der Waals surface area contributed by atoms with Gasteiger partial charge in [-0.2, -0.15) is 0 Å². The highest BCUT2D eigenvalue weighted by Gasteiger charge is 2.25. The molecule has 0 aliphatic carbocycles. The lowest BCUT2D eigenvalue weighted by molar-refractivity contribution is 0.376. The van der Waals surface area contributed by atoms with Gasteiger partial charge in [-0.25, -0.2) is 21.1 Å². The number of nitrogens with one attached hydrogen (secondary N) is 1. The third-order valence-corrected chi connectivity index (χ3v) is 6.91. The minimum Gasteiger partial charge on any atom is -0.447 e. The van der Waals surface area contributed by atoms with Crippen LogP contribution >= 0.6 is 0 Å². The summed E-state index contributed by atoms with van der Waals surface area (Å²) in [5.74, 6) is 0.840. The Kier molecular flexibility index (Phi) is 4.76. The van der Waals surface area contributed by atoms with Crippen LogP contribution in [0.15, 0.2) is 21.6 Å². The molecule has 2 heterocycles. The number of sulfone groups is 1. The van der Waals surface area contributed by atoms with Gasteiger partial charge in [-0.15, -0.1) is 0 Å². The summed E-state index contributed by atoms with van der Waals surface area (Å²) in [6.45, 7) is 0.309. The Bertz CT molecular complexity index is 691. The second-order valence-corrected chi connectivity index (χ2v) is 9.65. The number of hydrogen-bond donors (Lipinski definition) is 1. The Balaban J connectivity index is 1.98. The predicted octanol–water partition coefficient (Wildman–Crippen LogP) is 0.197. The molecule has 1 aromatic heterocycles. The molecule has 1 fully saturated rings. The molecule has 1 saturated heterocycles. The summed E-state index contributed by atoms with van der Waals surface area (Å²) in [6, 6.07) is 2.88. The van der Waals surface area contributed by atoms with Crippen LogP contribution in [0.5, 0.6) is 0 Å². The van der Waals surface area contributed by atoms with Crippen LogP contribution in [0.25, 0.3) is 0 Å². The quantitative estimate of drug-likeness (QED) is 0.825. The van der Waals surface area contributed by atoms with Crippen LogP contribution in [-0.2, 0) is 26.4 Å². The lowest BCUT2D eigenvalue weighted by Crippen LogP contribution is -2.39. The molecular weight excluding hydrogens is 316 g/mol. The number of rotatable bonds is 5. The smallest absolute Gasteiger partial charge is 0.275 e. The van der Waals surface area contributed by atoms with Gasteiger partial charge in [-0.3, -0.25) is 0 Å². The van der Waals surface area contributed by atoms with E-state index in [9.17, 15) is 16.8 Å². The minimum atomic E-state index is -3.57. The van der Waals surface area contributed by atoms with E-state index in [2.05, 4.69) is 5.32 Å². The van der Waals surface area contributed by atoms with E-state index in [0.717, 1.165) is 10.7 Å². The molecule has 0 aromatic carbocycles. The van der Waals surface area contributed by atoms with Gasteiger partial charge in [0.2, 0.25) is 5.09 Å². The maximum absolute atomic E-state index is 11.9. The molecule has 0 saturated carbocycles. The van der Waals surface area contributed by atoms with Crippen LogP contribution in [0, 0.1) is 0 Å². The summed E-state index contributed by atoms with van der Waals surface area (Å²) in [5.41, 5.74) is 0. The average molecular weight is 336 g/mol. The van der Waals surface area contributed by atoms with Crippen molar-refractivity contribution in [1.29, 1.82) is 0 Å². The maximum Gasteiger partial charge on any atom is 0.275 e. The Labute approximate surface area is 125 Å². The van der Waals surface area contributed by atoms with E-state index in [4.69, 9.17) is 4.42 Å². The van der Waals surface area contributed by atoms with Gasteiger partial charge >= 0.3 is 0 Å². The summed E-state index contributed by atoms with van der Waals surface area (Å²) < 4.78 is 53.2. The average Bonchev–Trinajstić information content (AvgIpc) is 2.84. The molecule has 0 radical (unpaired) electrons. The van der Waals surface area contributed by atoms with Crippen molar-refractivity contribution in [2.75, 3.05) is 25.6 Å². The van der Waals surface area contributed by atoms with Crippen molar-refractivity contribution in [2.45, 2.75) is 30.5 Å². The number of furan rings is 1. The van der Waals surface area contributed by atoms with Crippen molar-refractivity contribution in [3.63, 3.8) is 0 Å². The summed E-state index contributed by atoms with van der Waals surface area (Å²) >= 11 is 0. The van der Waals surface area contributed by atoms with Crippen molar-refractivity contribution < 1.29 is 21.3 Å². The van der Waals surface area contributed by atoms with Crippen LogP contribution in [0.3, 0.4) is 0 Å². The van der Waals surface area contributed by atoms with Gasteiger partial charge in [-0.05, 0) is 25.0 Å². The van der Waals surface area contributed by atoms with Gasteiger partial charge in [0, 0.05) is 20.1 Å². The molecule has 9 heteroatoms. The second-order valence-electron chi connectivity index (χ2n) is 5.34. The second kappa shape index (κ2) is 6.07. The largest absolute Gasteiger partial charge is 0.447 e. The van der Waals surface area contributed by atoms with Gasteiger partial charge < -0.3 is 9.73 Å². The molecule has 1 atom stereocenters. The van der Waals surface area contributed by atoms with Crippen molar-refractivity contribution in [3.05, 3.63) is 17.9 Å². The van der Waals surface area contributed by atoms with Crippen LogP contribution in [0.1, 0.15) is 18.6 Å². The van der Waals surface area contributed by atoms with Gasteiger partial charge in [0.15, 0.2) is 9.84 Å². The fraction of sp³-hybridized carbons (Fsp3) is 0.667. The summed E-state index contributed by atoms with van der Waals surface area (Å²) in [4.78, 5) is 0. The standard InChI is InChI=1S/C12H20N2O5S2/c1-14(2)21(17,18)12-6-5-11(19-12)8-13-10-4-3-7-20(15,16)9-10/h5-6,10,13H,3-4,7-9H2,1-2H3. The summed E-state index contributed by atoms with van der Waals surface area (Å²) in [7, 11) is -3.67. The monoisotopic (exact) mass is 336 g/mol. The summed E-state index contributed by atoms with van der Waals surface area (Å²) in [5, 5.41) is 3.00. The molecular formula is C12H20N2O5S2. The third-order valence-electron chi connectivity index (χ3n) is 3.40. The molecule has 0 amide bonds. The highest BCUT2D eigenvalue weighted by Crippen LogP contribution is 2.18. The maximum atomic E-state index is 11.9. The van der Waals surface area contributed by atoms with Crippen LogP contribution in [0.2, 0.25) is 0 Å². The lowest BCUT2D eigenvalue weighted by atomic mass is 10.2. The number of nitrogens with zero attached hydrogens (tertiary/aromatic N) is 1. The van der Waals surface area contributed by atoms with E-state index < -0.39 is 19.9 Å². The Morgan fingerprint density at radius 2 is 2.10 bits per heavy atom. The van der Waals surface area contributed by atoms with E-state index in [-0.39, 0.29) is 22.6 Å². The highest BCUT2D eigenvalue weighted by molar-refractivity contribution is 7.91. The predicted molar refractivity (Wildman–Crippen MR) is 78.1 cm³/mol. The van der Waals surface area contributed by atoms with Crippen LogP contribution in [0.4, 0.5) is 0 Å². The van der Waals surface area contributed by atoms with E-state index in [0.29, 0.717) is 18.7 Å². The van der Waals surface area contributed by atoms with E-state index in [1.165, 1.54) is 20.2 Å². The molecule has 1 aliphatic rings. The first-order valence-corrected chi connectivity index (χ1v) is 9.92. The number of hydrogen-bond acceptors (Lipinski definition) is 6. The molecule has 2 rings (SSSR count). The van der Waals surface area contributed by atoms with Gasteiger partial charge in [0.25, 0.3) is 10.0 Å². The lowest BCUT2D eigenvalue weighted by Gasteiger charge is -2.22.